The number of ether oxygens (including phenoxy) is 1. The Hall–Kier alpha value is -1.18. The van der Waals surface area contributed by atoms with E-state index in [2.05, 4.69) is 6.07 Å². The number of benzene rings is 1. The van der Waals surface area contributed by atoms with Crippen LogP contribution in [0, 0.1) is 11.8 Å². The van der Waals surface area contributed by atoms with Crippen LogP contribution in [0.2, 0.25) is 0 Å². The Morgan fingerprint density at radius 3 is 2.24 bits per heavy atom. The molecule has 2 fully saturated rings. The van der Waals surface area contributed by atoms with Crippen LogP contribution in [-0.4, -0.2) is 7.11 Å². The molecule has 2 N–H and O–H groups in total. The molecule has 3 rings (SSSR count). The average molecular weight is 287 g/mol. The third kappa shape index (κ3) is 3.20. The van der Waals surface area contributed by atoms with Crippen molar-refractivity contribution in [3.8, 4) is 5.75 Å². The third-order valence-corrected chi connectivity index (χ3v) is 5.82. The predicted molar refractivity (Wildman–Crippen MR) is 88.7 cm³/mol. The second kappa shape index (κ2) is 6.72. The van der Waals surface area contributed by atoms with Crippen LogP contribution >= 0.6 is 0 Å². The van der Waals surface area contributed by atoms with Crippen LogP contribution in [-0.2, 0) is 0 Å². The summed E-state index contributed by atoms with van der Waals surface area (Å²) in [6.07, 6.45) is 12.7. The lowest BCUT2D eigenvalue weighted by Gasteiger charge is -2.36. The maximum absolute atomic E-state index is 6.23. The Morgan fingerprint density at radius 2 is 1.57 bits per heavy atom. The van der Waals surface area contributed by atoms with Crippen LogP contribution in [0.3, 0.4) is 0 Å². The minimum Gasteiger partial charge on any atom is -0.496 e. The van der Waals surface area contributed by atoms with E-state index in [0.717, 1.165) is 23.3 Å². The van der Waals surface area contributed by atoms with E-state index < -0.39 is 0 Å². The molecule has 0 amide bonds. The molecule has 0 saturated heterocycles. The van der Waals surface area contributed by atoms with Crippen LogP contribution in [0.5, 0.6) is 5.75 Å². The van der Waals surface area contributed by atoms with Gasteiger partial charge in [0, 0.05) is 11.3 Å². The number of rotatable bonds is 3. The largest absolute Gasteiger partial charge is 0.496 e. The molecule has 21 heavy (non-hydrogen) atoms. The summed E-state index contributed by atoms with van der Waals surface area (Å²) in [5.74, 6) is 3.56. The number of nitrogens with two attached hydrogens (primary N) is 1. The smallest absolute Gasteiger partial charge is 0.124 e. The van der Waals surface area contributed by atoms with Crippen LogP contribution in [0.1, 0.15) is 69.3 Å². The maximum atomic E-state index is 6.23. The van der Waals surface area contributed by atoms with Gasteiger partial charge in [-0.15, -0.1) is 0 Å². The van der Waals surface area contributed by atoms with Crippen molar-refractivity contribution in [3.05, 3.63) is 23.8 Å². The van der Waals surface area contributed by atoms with E-state index in [9.17, 15) is 0 Å². The highest BCUT2D eigenvalue weighted by atomic mass is 16.5. The lowest BCUT2D eigenvalue weighted by molar-refractivity contribution is 0.185. The number of methoxy groups -OCH3 is 1. The second-order valence-electron chi connectivity index (χ2n) is 6.97. The maximum Gasteiger partial charge on any atom is 0.124 e. The highest BCUT2D eigenvalue weighted by Gasteiger charge is 2.30. The highest BCUT2D eigenvalue weighted by Crippen LogP contribution is 2.46. The molecule has 0 bridgehead atoms. The summed E-state index contributed by atoms with van der Waals surface area (Å²) in [6, 6.07) is 6.06. The summed E-state index contributed by atoms with van der Waals surface area (Å²) < 4.78 is 5.54. The SMILES string of the molecule is COc1cccc(N)c1C1CCC(C2CCCCC2)CC1. The Balaban J connectivity index is 1.65. The standard InChI is InChI=1S/C19H29NO/c1-21-18-9-5-8-17(20)19(18)16-12-10-15(11-13-16)14-6-3-2-4-7-14/h5,8-9,14-16H,2-4,6-7,10-13,20H2,1H3. The summed E-state index contributed by atoms with van der Waals surface area (Å²) in [5.41, 5.74) is 8.40. The first-order valence-corrected chi connectivity index (χ1v) is 8.72. The molecule has 2 heteroatoms. The molecule has 0 spiro atoms. The fourth-order valence-corrected chi connectivity index (χ4v) is 4.66. The Morgan fingerprint density at radius 1 is 0.905 bits per heavy atom. The van der Waals surface area contributed by atoms with E-state index in [1.54, 1.807) is 7.11 Å². The van der Waals surface area contributed by atoms with E-state index in [1.165, 1.54) is 63.4 Å². The zero-order chi connectivity index (χ0) is 14.7. The Bertz CT molecular complexity index is 457. The van der Waals surface area contributed by atoms with Crippen LogP contribution in [0.4, 0.5) is 5.69 Å². The first-order chi connectivity index (χ1) is 10.3. The summed E-state index contributed by atoms with van der Waals surface area (Å²) in [4.78, 5) is 0. The van der Waals surface area contributed by atoms with Crippen LogP contribution in [0.25, 0.3) is 0 Å². The van der Waals surface area contributed by atoms with Crippen molar-refractivity contribution in [1.29, 1.82) is 0 Å². The monoisotopic (exact) mass is 287 g/mol. The first-order valence-electron chi connectivity index (χ1n) is 8.72. The van der Waals surface area contributed by atoms with Gasteiger partial charge in [0.05, 0.1) is 7.11 Å². The predicted octanol–water partition coefficient (Wildman–Crippen LogP) is 5.13. The van der Waals surface area contributed by atoms with Gasteiger partial charge in [0.15, 0.2) is 0 Å². The van der Waals surface area contributed by atoms with Gasteiger partial charge in [0.25, 0.3) is 0 Å². The molecule has 116 valence electrons. The van der Waals surface area contributed by atoms with Crippen molar-refractivity contribution in [2.45, 2.75) is 63.7 Å². The molecular weight excluding hydrogens is 258 g/mol. The van der Waals surface area contributed by atoms with Gasteiger partial charge < -0.3 is 10.5 Å². The fraction of sp³-hybridized carbons (Fsp3) is 0.684. The molecule has 1 aromatic rings. The molecule has 2 nitrogen and oxygen atoms in total. The zero-order valence-electron chi connectivity index (χ0n) is 13.3. The molecule has 1 aromatic carbocycles. The molecule has 0 heterocycles. The molecular formula is C19H29NO. The number of nitrogen functional groups attached to an aromatic ring is 1. The van der Waals surface area contributed by atoms with Crippen molar-refractivity contribution in [2.24, 2.45) is 11.8 Å². The molecule has 2 saturated carbocycles. The molecule has 0 atom stereocenters. The third-order valence-electron chi connectivity index (χ3n) is 5.82. The second-order valence-corrected chi connectivity index (χ2v) is 6.97. The van der Waals surface area contributed by atoms with Gasteiger partial charge in [-0.05, 0) is 55.6 Å². The lowest BCUT2D eigenvalue weighted by Crippen LogP contribution is -2.23. The van der Waals surface area contributed by atoms with Crippen molar-refractivity contribution < 1.29 is 4.74 Å². The number of hydrogen-bond donors (Lipinski definition) is 1. The number of anilines is 1. The fourth-order valence-electron chi connectivity index (χ4n) is 4.66. The average Bonchev–Trinajstić information content (AvgIpc) is 2.55. The van der Waals surface area contributed by atoms with Crippen LogP contribution in [0.15, 0.2) is 18.2 Å². The molecule has 0 aliphatic heterocycles. The van der Waals surface area contributed by atoms with Crippen molar-refractivity contribution in [2.75, 3.05) is 12.8 Å². The molecule has 0 unspecified atom stereocenters. The lowest BCUT2D eigenvalue weighted by atomic mass is 9.69. The van der Waals surface area contributed by atoms with Crippen molar-refractivity contribution in [3.63, 3.8) is 0 Å². The topological polar surface area (TPSA) is 35.2 Å². The van der Waals surface area contributed by atoms with Gasteiger partial charge >= 0.3 is 0 Å². The zero-order valence-corrected chi connectivity index (χ0v) is 13.3. The van der Waals surface area contributed by atoms with E-state index in [0.29, 0.717) is 5.92 Å². The van der Waals surface area contributed by atoms with Crippen LogP contribution < -0.4 is 10.5 Å². The van der Waals surface area contributed by atoms with E-state index >= 15 is 0 Å². The summed E-state index contributed by atoms with van der Waals surface area (Å²) in [5, 5.41) is 0. The molecule has 2 aliphatic carbocycles. The molecule has 0 radical (unpaired) electrons. The Labute approximate surface area is 129 Å². The van der Waals surface area contributed by atoms with Gasteiger partial charge in [0.1, 0.15) is 5.75 Å². The van der Waals surface area contributed by atoms with Crippen molar-refractivity contribution in [1.82, 2.24) is 0 Å². The van der Waals surface area contributed by atoms with Gasteiger partial charge in [-0.25, -0.2) is 0 Å². The number of hydrogen-bond acceptors (Lipinski definition) is 2. The van der Waals surface area contributed by atoms with Gasteiger partial charge in [-0.3, -0.25) is 0 Å². The minimum absolute atomic E-state index is 0.598. The van der Waals surface area contributed by atoms with E-state index in [-0.39, 0.29) is 0 Å². The van der Waals surface area contributed by atoms with E-state index in [4.69, 9.17) is 10.5 Å². The van der Waals surface area contributed by atoms with E-state index in [1.807, 2.05) is 12.1 Å². The minimum atomic E-state index is 0.598. The molecule has 0 aromatic heterocycles. The van der Waals surface area contributed by atoms with Crippen molar-refractivity contribution >= 4 is 5.69 Å². The summed E-state index contributed by atoms with van der Waals surface area (Å²) >= 11 is 0. The molecule has 2 aliphatic rings. The van der Waals surface area contributed by atoms with Gasteiger partial charge in [0.2, 0.25) is 0 Å². The Kier molecular flexibility index (Phi) is 4.72. The quantitative estimate of drug-likeness (QED) is 0.782. The van der Waals surface area contributed by atoms with Gasteiger partial charge in [-0.2, -0.15) is 0 Å². The summed E-state index contributed by atoms with van der Waals surface area (Å²) in [6.45, 7) is 0. The summed E-state index contributed by atoms with van der Waals surface area (Å²) in [7, 11) is 1.76. The normalized spacial score (nSPS) is 27.5. The van der Waals surface area contributed by atoms with Gasteiger partial charge in [-0.1, -0.05) is 38.2 Å². The first kappa shape index (κ1) is 14.7. The highest BCUT2D eigenvalue weighted by molar-refractivity contribution is 5.56.